The second-order valence-corrected chi connectivity index (χ2v) is 4.82. The van der Waals surface area contributed by atoms with Gasteiger partial charge in [-0.25, -0.2) is 0 Å². The van der Waals surface area contributed by atoms with Gasteiger partial charge in [-0.05, 0) is 25.7 Å². The molecule has 0 aromatic rings. The first kappa shape index (κ1) is 13.5. The van der Waals surface area contributed by atoms with Gasteiger partial charge >= 0.3 is 0 Å². The lowest BCUT2D eigenvalue weighted by Gasteiger charge is -2.24. The summed E-state index contributed by atoms with van der Waals surface area (Å²) >= 11 is 0. The highest BCUT2D eigenvalue weighted by atomic mass is 16.6. The molecule has 2 atom stereocenters. The molecule has 1 amide bonds. The Morgan fingerprint density at radius 2 is 2.06 bits per heavy atom. The largest absolute Gasteiger partial charge is 0.376 e. The first-order valence-electron chi connectivity index (χ1n) is 6.09. The van der Waals surface area contributed by atoms with Gasteiger partial charge in [0.05, 0.1) is 19.8 Å². The van der Waals surface area contributed by atoms with Crippen molar-refractivity contribution in [3.05, 3.63) is 0 Å². The van der Waals surface area contributed by atoms with Crippen LogP contribution in [0.2, 0.25) is 0 Å². The van der Waals surface area contributed by atoms with E-state index >= 15 is 0 Å². The van der Waals surface area contributed by atoms with E-state index in [1.807, 2.05) is 6.92 Å². The molecule has 0 aromatic carbocycles. The van der Waals surface area contributed by atoms with E-state index in [1.54, 1.807) is 0 Å². The van der Waals surface area contributed by atoms with E-state index in [2.05, 4.69) is 19.2 Å². The fraction of sp³-hybridized carbons (Fsp3) is 0.917. The summed E-state index contributed by atoms with van der Waals surface area (Å²) in [5.41, 5.74) is 0. The quantitative estimate of drug-likeness (QED) is 0.774. The SMILES string of the molecule is CC(C)CCC(C)NC(=O)C1COCCO1. The minimum absolute atomic E-state index is 0.0454. The Hall–Kier alpha value is -0.610. The average Bonchev–Trinajstić information content (AvgIpc) is 2.27. The van der Waals surface area contributed by atoms with E-state index in [-0.39, 0.29) is 11.9 Å². The molecule has 4 nitrogen and oxygen atoms in total. The summed E-state index contributed by atoms with van der Waals surface area (Å²) < 4.78 is 10.5. The van der Waals surface area contributed by atoms with Gasteiger partial charge in [-0.3, -0.25) is 4.79 Å². The molecule has 0 aliphatic carbocycles. The number of hydrogen-bond donors (Lipinski definition) is 1. The summed E-state index contributed by atoms with van der Waals surface area (Å²) in [6.45, 7) is 7.89. The standard InChI is InChI=1S/C12H23NO3/c1-9(2)4-5-10(3)13-12(14)11-8-15-6-7-16-11/h9-11H,4-8H2,1-3H3,(H,13,14). The summed E-state index contributed by atoms with van der Waals surface area (Å²) in [4.78, 5) is 11.7. The molecular formula is C12H23NO3. The van der Waals surface area contributed by atoms with Crippen LogP contribution in [-0.2, 0) is 14.3 Å². The second kappa shape index (κ2) is 6.86. The monoisotopic (exact) mass is 229 g/mol. The maximum absolute atomic E-state index is 11.7. The molecule has 0 radical (unpaired) electrons. The Labute approximate surface area is 97.7 Å². The maximum atomic E-state index is 11.7. The number of nitrogens with one attached hydrogen (secondary N) is 1. The van der Waals surface area contributed by atoms with Crippen LogP contribution in [-0.4, -0.2) is 37.9 Å². The Bertz CT molecular complexity index is 212. The van der Waals surface area contributed by atoms with E-state index in [4.69, 9.17) is 9.47 Å². The van der Waals surface area contributed by atoms with Gasteiger partial charge in [-0.15, -0.1) is 0 Å². The van der Waals surface area contributed by atoms with Crippen molar-refractivity contribution in [1.29, 1.82) is 0 Å². The molecule has 0 spiro atoms. The molecular weight excluding hydrogens is 206 g/mol. The van der Waals surface area contributed by atoms with E-state index in [9.17, 15) is 4.79 Å². The van der Waals surface area contributed by atoms with Crippen molar-refractivity contribution in [3.8, 4) is 0 Å². The van der Waals surface area contributed by atoms with Crippen LogP contribution in [0.25, 0.3) is 0 Å². The summed E-state index contributed by atoms with van der Waals surface area (Å²) in [5, 5.41) is 2.96. The second-order valence-electron chi connectivity index (χ2n) is 4.82. The predicted molar refractivity (Wildman–Crippen MR) is 62.2 cm³/mol. The molecule has 0 aromatic heterocycles. The lowest BCUT2D eigenvalue weighted by atomic mass is 10.0. The maximum Gasteiger partial charge on any atom is 0.251 e. The van der Waals surface area contributed by atoms with Gasteiger partial charge in [0, 0.05) is 6.04 Å². The highest BCUT2D eigenvalue weighted by Crippen LogP contribution is 2.07. The van der Waals surface area contributed by atoms with Crippen molar-refractivity contribution in [3.63, 3.8) is 0 Å². The normalized spacial score (nSPS) is 23.1. The number of amides is 1. The summed E-state index contributed by atoms with van der Waals surface area (Å²) in [6.07, 6.45) is 1.72. The third-order valence-electron chi connectivity index (χ3n) is 2.67. The van der Waals surface area contributed by atoms with E-state index in [1.165, 1.54) is 0 Å². The molecule has 1 fully saturated rings. The van der Waals surface area contributed by atoms with Crippen LogP contribution in [0.15, 0.2) is 0 Å². The molecule has 2 unspecified atom stereocenters. The highest BCUT2D eigenvalue weighted by Gasteiger charge is 2.23. The Morgan fingerprint density at radius 3 is 2.62 bits per heavy atom. The number of carbonyl (C=O) groups excluding carboxylic acids is 1. The zero-order valence-electron chi connectivity index (χ0n) is 10.5. The summed E-state index contributed by atoms with van der Waals surface area (Å²) in [7, 11) is 0. The first-order chi connectivity index (χ1) is 7.59. The molecule has 1 rings (SSSR count). The number of carbonyl (C=O) groups is 1. The van der Waals surface area contributed by atoms with Gasteiger partial charge < -0.3 is 14.8 Å². The van der Waals surface area contributed by atoms with Gasteiger partial charge in [-0.1, -0.05) is 13.8 Å². The van der Waals surface area contributed by atoms with Crippen molar-refractivity contribution in [1.82, 2.24) is 5.32 Å². The molecule has 1 aliphatic rings. The number of rotatable bonds is 5. The Balaban J connectivity index is 2.21. The van der Waals surface area contributed by atoms with E-state index < -0.39 is 6.10 Å². The van der Waals surface area contributed by atoms with Crippen LogP contribution in [0.3, 0.4) is 0 Å². The lowest BCUT2D eigenvalue weighted by molar-refractivity contribution is -0.148. The molecule has 94 valence electrons. The van der Waals surface area contributed by atoms with Crippen LogP contribution in [0.4, 0.5) is 0 Å². The van der Waals surface area contributed by atoms with Crippen LogP contribution >= 0.6 is 0 Å². The van der Waals surface area contributed by atoms with Gasteiger partial charge in [0.1, 0.15) is 0 Å². The fourth-order valence-corrected chi connectivity index (χ4v) is 1.63. The van der Waals surface area contributed by atoms with E-state index in [0.717, 1.165) is 12.8 Å². The third kappa shape index (κ3) is 4.94. The molecule has 4 heteroatoms. The zero-order valence-corrected chi connectivity index (χ0v) is 10.5. The third-order valence-corrected chi connectivity index (χ3v) is 2.67. The average molecular weight is 229 g/mol. The number of ether oxygens (including phenoxy) is 2. The van der Waals surface area contributed by atoms with Gasteiger partial charge in [0.2, 0.25) is 0 Å². The van der Waals surface area contributed by atoms with Gasteiger partial charge in [-0.2, -0.15) is 0 Å². The number of hydrogen-bond acceptors (Lipinski definition) is 3. The molecule has 0 saturated carbocycles. The van der Waals surface area contributed by atoms with Crippen molar-refractivity contribution >= 4 is 5.91 Å². The van der Waals surface area contributed by atoms with Crippen LogP contribution < -0.4 is 5.32 Å². The van der Waals surface area contributed by atoms with Crippen molar-refractivity contribution in [2.45, 2.75) is 45.8 Å². The van der Waals surface area contributed by atoms with Crippen molar-refractivity contribution in [2.24, 2.45) is 5.92 Å². The molecule has 1 saturated heterocycles. The van der Waals surface area contributed by atoms with Crippen molar-refractivity contribution < 1.29 is 14.3 Å². The van der Waals surface area contributed by atoms with Crippen LogP contribution in [0.5, 0.6) is 0 Å². The Morgan fingerprint density at radius 1 is 1.31 bits per heavy atom. The minimum atomic E-state index is -0.421. The highest BCUT2D eigenvalue weighted by molar-refractivity contribution is 5.81. The summed E-state index contributed by atoms with van der Waals surface area (Å²) in [6, 6.07) is 0.209. The molecule has 1 N–H and O–H groups in total. The van der Waals surface area contributed by atoms with Crippen LogP contribution in [0, 0.1) is 5.92 Å². The van der Waals surface area contributed by atoms with Gasteiger partial charge in [0.15, 0.2) is 6.10 Å². The molecule has 1 aliphatic heterocycles. The predicted octanol–water partition coefficient (Wildman–Crippen LogP) is 1.34. The zero-order chi connectivity index (χ0) is 12.0. The van der Waals surface area contributed by atoms with E-state index in [0.29, 0.717) is 25.7 Å². The molecule has 0 bridgehead atoms. The van der Waals surface area contributed by atoms with Gasteiger partial charge in [0.25, 0.3) is 5.91 Å². The topological polar surface area (TPSA) is 47.6 Å². The van der Waals surface area contributed by atoms with Crippen LogP contribution in [0.1, 0.15) is 33.6 Å². The summed E-state index contributed by atoms with van der Waals surface area (Å²) in [5.74, 6) is 0.629. The van der Waals surface area contributed by atoms with Crippen molar-refractivity contribution in [2.75, 3.05) is 19.8 Å². The molecule has 16 heavy (non-hydrogen) atoms. The smallest absolute Gasteiger partial charge is 0.251 e. The lowest BCUT2D eigenvalue weighted by Crippen LogP contribution is -2.45. The molecule has 1 heterocycles. The Kier molecular flexibility index (Phi) is 5.77. The fourth-order valence-electron chi connectivity index (χ4n) is 1.63. The minimum Gasteiger partial charge on any atom is -0.376 e. The first-order valence-corrected chi connectivity index (χ1v) is 6.09.